The van der Waals surface area contributed by atoms with Crippen LogP contribution in [0.25, 0.3) is 0 Å². The highest BCUT2D eigenvalue weighted by Crippen LogP contribution is 2.12. The molecule has 0 saturated heterocycles. The maximum absolute atomic E-state index is 10.5. The van der Waals surface area contributed by atoms with Crippen LogP contribution in [0.3, 0.4) is 0 Å². The van der Waals surface area contributed by atoms with Crippen molar-refractivity contribution in [1.82, 2.24) is 0 Å². The number of aliphatic hydroxyl groups excluding tert-OH is 2. The third-order valence-electron chi connectivity index (χ3n) is 2.53. The van der Waals surface area contributed by atoms with Gasteiger partial charge in [-0.25, -0.2) is 0 Å². The van der Waals surface area contributed by atoms with E-state index in [1.165, 1.54) is 0 Å². The molecule has 0 bridgehead atoms. The molecule has 4 nitrogen and oxygen atoms in total. The maximum Gasteiger partial charge on any atom is 0.308 e. The molecule has 0 aromatic carbocycles. The van der Waals surface area contributed by atoms with Crippen LogP contribution in [0.2, 0.25) is 0 Å². The molecule has 1 atom stereocenters. The van der Waals surface area contributed by atoms with E-state index in [0.29, 0.717) is 6.42 Å². The van der Waals surface area contributed by atoms with Gasteiger partial charge in [-0.1, -0.05) is 32.1 Å². The van der Waals surface area contributed by atoms with Gasteiger partial charge in [0.2, 0.25) is 0 Å². The summed E-state index contributed by atoms with van der Waals surface area (Å²) < 4.78 is 0. The average molecular weight is 218 g/mol. The highest BCUT2D eigenvalue weighted by Gasteiger charge is 2.14. The van der Waals surface area contributed by atoms with Crippen LogP contribution < -0.4 is 0 Å². The van der Waals surface area contributed by atoms with Crippen molar-refractivity contribution >= 4 is 5.97 Å². The molecule has 15 heavy (non-hydrogen) atoms. The lowest BCUT2D eigenvalue weighted by Crippen LogP contribution is -2.17. The number of rotatable bonds is 10. The molecule has 0 fully saturated rings. The summed E-state index contributed by atoms with van der Waals surface area (Å²) in [5.41, 5.74) is 0. The van der Waals surface area contributed by atoms with Gasteiger partial charge in [-0.3, -0.25) is 4.79 Å². The van der Waals surface area contributed by atoms with Crippen molar-refractivity contribution in [2.75, 3.05) is 13.2 Å². The van der Waals surface area contributed by atoms with E-state index in [1.807, 2.05) is 0 Å². The van der Waals surface area contributed by atoms with Gasteiger partial charge >= 0.3 is 5.97 Å². The molecular weight excluding hydrogens is 196 g/mol. The summed E-state index contributed by atoms with van der Waals surface area (Å²) in [6.07, 6.45) is 6.50. The Morgan fingerprint density at radius 1 is 0.933 bits per heavy atom. The van der Waals surface area contributed by atoms with Crippen LogP contribution in [0, 0.1) is 5.92 Å². The van der Waals surface area contributed by atoms with Crippen LogP contribution in [-0.2, 0) is 4.79 Å². The van der Waals surface area contributed by atoms with Gasteiger partial charge in [0.15, 0.2) is 0 Å². The van der Waals surface area contributed by atoms with Gasteiger partial charge < -0.3 is 15.3 Å². The number of aliphatic carboxylic acids is 1. The molecule has 0 aromatic heterocycles. The summed E-state index contributed by atoms with van der Waals surface area (Å²) in [6, 6.07) is 0. The summed E-state index contributed by atoms with van der Waals surface area (Å²) in [7, 11) is 0. The van der Waals surface area contributed by atoms with Crippen molar-refractivity contribution in [1.29, 1.82) is 0 Å². The van der Waals surface area contributed by atoms with Gasteiger partial charge in [-0.2, -0.15) is 0 Å². The van der Waals surface area contributed by atoms with E-state index >= 15 is 0 Å². The van der Waals surface area contributed by atoms with Crippen LogP contribution in [-0.4, -0.2) is 34.5 Å². The highest BCUT2D eigenvalue weighted by atomic mass is 16.4. The Bertz CT molecular complexity index is 159. The first-order valence-corrected chi connectivity index (χ1v) is 5.67. The topological polar surface area (TPSA) is 77.8 Å². The van der Waals surface area contributed by atoms with Gasteiger partial charge in [0.05, 0.1) is 12.5 Å². The quantitative estimate of drug-likeness (QED) is 0.484. The molecule has 0 heterocycles. The van der Waals surface area contributed by atoms with Crippen molar-refractivity contribution < 1.29 is 20.1 Å². The van der Waals surface area contributed by atoms with Crippen LogP contribution in [0.1, 0.15) is 44.9 Å². The molecule has 0 spiro atoms. The molecule has 3 N–H and O–H groups in total. The second-order valence-corrected chi connectivity index (χ2v) is 3.85. The van der Waals surface area contributed by atoms with E-state index in [-0.39, 0.29) is 13.2 Å². The minimum absolute atomic E-state index is 0.256. The first-order valence-electron chi connectivity index (χ1n) is 5.67. The Morgan fingerprint density at radius 3 is 1.93 bits per heavy atom. The largest absolute Gasteiger partial charge is 0.481 e. The lowest BCUT2D eigenvalue weighted by atomic mass is 10.0. The number of unbranched alkanes of at least 4 members (excludes halogenated alkanes) is 5. The smallest absolute Gasteiger partial charge is 0.308 e. The SMILES string of the molecule is O=C(O)C(CO)CCCCCCCCO. The zero-order chi connectivity index (χ0) is 11.5. The molecule has 0 aliphatic heterocycles. The molecule has 0 aromatic rings. The van der Waals surface area contributed by atoms with Gasteiger partial charge in [0, 0.05) is 6.61 Å². The van der Waals surface area contributed by atoms with Crippen LogP contribution >= 0.6 is 0 Å². The normalized spacial score (nSPS) is 12.7. The van der Waals surface area contributed by atoms with Crippen LogP contribution in [0.15, 0.2) is 0 Å². The summed E-state index contributed by atoms with van der Waals surface area (Å²) in [5, 5.41) is 26.0. The number of carboxylic acids is 1. The number of aliphatic hydroxyl groups is 2. The number of carboxylic acid groups (broad SMARTS) is 1. The third kappa shape index (κ3) is 8.39. The number of hydrogen-bond donors (Lipinski definition) is 3. The third-order valence-corrected chi connectivity index (χ3v) is 2.53. The molecular formula is C11H22O4. The Kier molecular flexibility index (Phi) is 9.52. The number of hydrogen-bond acceptors (Lipinski definition) is 3. The van der Waals surface area contributed by atoms with E-state index in [1.54, 1.807) is 0 Å². The van der Waals surface area contributed by atoms with E-state index in [2.05, 4.69) is 0 Å². The van der Waals surface area contributed by atoms with Gasteiger partial charge in [0.1, 0.15) is 0 Å². The molecule has 0 radical (unpaired) electrons. The fourth-order valence-corrected chi connectivity index (χ4v) is 1.50. The Balaban J connectivity index is 3.25. The van der Waals surface area contributed by atoms with E-state index in [0.717, 1.165) is 38.5 Å². The highest BCUT2D eigenvalue weighted by molar-refractivity contribution is 5.69. The second-order valence-electron chi connectivity index (χ2n) is 3.85. The first kappa shape index (κ1) is 14.4. The lowest BCUT2D eigenvalue weighted by Gasteiger charge is -2.08. The summed E-state index contributed by atoms with van der Waals surface area (Å²) in [4.78, 5) is 10.5. The number of carbonyl (C=O) groups is 1. The minimum atomic E-state index is -0.905. The molecule has 0 amide bonds. The minimum Gasteiger partial charge on any atom is -0.481 e. The molecule has 1 unspecified atom stereocenters. The predicted molar refractivity (Wildman–Crippen MR) is 57.6 cm³/mol. The monoisotopic (exact) mass is 218 g/mol. The second kappa shape index (κ2) is 9.93. The van der Waals surface area contributed by atoms with E-state index in [9.17, 15) is 4.79 Å². The lowest BCUT2D eigenvalue weighted by molar-refractivity contribution is -0.143. The fraction of sp³-hybridized carbons (Fsp3) is 0.909. The van der Waals surface area contributed by atoms with E-state index in [4.69, 9.17) is 15.3 Å². The molecule has 0 saturated carbocycles. The van der Waals surface area contributed by atoms with Gasteiger partial charge in [-0.15, -0.1) is 0 Å². The predicted octanol–water partition coefficient (Wildman–Crippen LogP) is 1.40. The fourth-order valence-electron chi connectivity index (χ4n) is 1.50. The molecule has 4 heteroatoms. The standard InChI is InChI=1S/C11H22O4/c12-8-6-4-2-1-3-5-7-10(9-13)11(14)15/h10,12-13H,1-9H2,(H,14,15). The molecule has 90 valence electrons. The zero-order valence-electron chi connectivity index (χ0n) is 9.19. The molecule has 0 rings (SSSR count). The van der Waals surface area contributed by atoms with Crippen molar-refractivity contribution in [2.45, 2.75) is 44.9 Å². The average Bonchev–Trinajstić information content (AvgIpc) is 2.21. The Morgan fingerprint density at radius 2 is 1.47 bits per heavy atom. The van der Waals surface area contributed by atoms with Gasteiger partial charge in [-0.05, 0) is 12.8 Å². The van der Waals surface area contributed by atoms with Crippen molar-refractivity contribution in [3.05, 3.63) is 0 Å². The van der Waals surface area contributed by atoms with Crippen LogP contribution in [0.4, 0.5) is 0 Å². The van der Waals surface area contributed by atoms with Crippen molar-refractivity contribution in [3.8, 4) is 0 Å². The summed E-state index contributed by atoms with van der Waals surface area (Å²) in [5.74, 6) is -1.50. The van der Waals surface area contributed by atoms with Crippen molar-refractivity contribution in [2.24, 2.45) is 5.92 Å². The van der Waals surface area contributed by atoms with Crippen LogP contribution in [0.5, 0.6) is 0 Å². The molecule has 0 aliphatic carbocycles. The van der Waals surface area contributed by atoms with Crippen molar-refractivity contribution in [3.63, 3.8) is 0 Å². The Labute approximate surface area is 90.9 Å². The van der Waals surface area contributed by atoms with E-state index < -0.39 is 11.9 Å². The van der Waals surface area contributed by atoms with Gasteiger partial charge in [0.25, 0.3) is 0 Å². The zero-order valence-corrected chi connectivity index (χ0v) is 9.19. The molecule has 0 aliphatic rings. The maximum atomic E-state index is 10.5. The summed E-state index contributed by atoms with van der Waals surface area (Å²) >= 11 is 0. The first-order chi connectivity index (χ1) is 7.22. The summed E-state index contributed by atoms with van der Waals surface area (Å²) in [6.45, 7) is -0.00849. The Hall–Kier alpha value is -0.610.